The molecule has 0 aromatic carbocycles. The fraction of sp³-hybridized carbons (Fsp3) is 0.500. The van der Waals surface area contributed by atoms with E-state index in [0.29, 0.717) is 0 Å². The molecular weight excluding hydrogens is 218 g/mol. The summed E-state index contributed by atoms with van der Waals surface area (Å²) in [4.78, 5) is 6.07. The first-order valence-corrected chi connectivity index (χ1v) is 6.02. The van der Waals surface area contributed by atoms with Gasteiger partial charge in [0.15, 0.2) is 5.11 Å². The minimum atomic E-state index is 0.830. The van der Waals surface area contributed by atoms with Crippen LogP contribution in [0.2, 0.25) is 0 Å². The van der Waals surface area contributed by atoms with Gasteiger partial charge in [0.2, 0.25) is 0 Å². The Morgan fingerprint density at radius 2 is 2.12 bits per heavy atom. The minimum Gasteiger partial charge on any atom is -0.363 e. The van der Waals surface area contributed by atoms with Gasteiger partial charge in [0.1, 0.15) is 0 Å². The van der Waals surface area contributed by atoms with E-state index in [1.807, 2.05) is 31.6 Å². The summed E-state index contributed by atoms with van der Waals surface area (Å²) in [6, 6.07) is 4.08. The highest BCUT2D eigenvalue weighted by molar-refractivity contribution is 7.80. The van der Waals surface area contributed by atoms with E-state index in [2.05, 4.69) is 22.1 Å². The van der Waals surface area contributed by atoms with Crippen molar-refractivity contribution in [2.75, 3.05) is 20.1 Å². The molecule has 0 saturated carbocycles. The van der Waals surface area contributed by atoms with Gasteiger partial charge in [0.05, 0.1) is 0 Å². The van der Waals surface area contributed by atoms with Crippen LogP contribution in [0.4, 0.5) is 0 Å². The van der Waals surface area contributed by atoms with E-state index >= 15 is 0 Å². The standard InChI is InChI=1S/C12H19N3S/c1-3-7-14-12(16)15(2)10-6-11-4-8-13-9-5-11/h4-5,8-9H,3,6-7,10H2,1-2H3,(H,14,16). The number of pyridine rings is 1. The number of hydrogen-bond donors (Lipinski definition) is 1. The summed E-state index contributed by atoms with van der Waals surface area (Å²) in [5, 5.41) is 4.04. The summed E-state index contributed by atoms with van der Waals surface area (Å²) in [6.07, 6.45) is 5.73. The summed E-state index contributed by atoms with van der Waals surface area (Å²) in [7, 11) is 2.02. The van der Waals surface area contributed by atoms with Crippen LogP contribution < -0.4 is 5.32 Å². The van der Waals surface area contributed by atoms with Gasteiger partial charge in [-0.05, 0) is 42.8 Å². The number of nitrogens with zero attached hydrogens (tertiary/aromatic N) is 2. The lowest BCUT2D eigenvalue weighted by Gasteiger charge is -2.20. The second-order valence-electron chi connectivity index (χ2n) is 3.76. The highest BCUT2D eigenvalue weighted by Gasteiger charge is 2.02. The highest BCUT2D eigenvalue weighted by atomic mass is 32.1. The molecule has 0 unspecified atom stereocenters. The van der Waals surface area contributed by atoms with Gasteiger partial charge in [-0.25, -0.2) is 0 Å². The summed E-state index contributed by atoms with van der Waals surface area (Å²) >= 11 is 5.26. The van der Waals surface area contributed by atoms with E-state index in [1.54, 1.807) is 0 Å². The topological polar surface area (TPSA) is 28.2 Å². The second-order valence-corrected chi connectivity index (χ2v) is 4.15. The van der Waals surface area contributed by atoms with Crippen LogP contribution in [0.1, 0.15) is 18.9 Å². The van der Waals surface area contributed by atoms with E-state index in [0.717, 1.165) is 31.0 Å². The lowest BCUT2D eigenvalue weighted by Crippen LogP contribution is -2.38. The quantitative estimate of drug-likeness (QED) is 0.791. The van der Waals surface area contributed by atoms with Crippen LogP contribution in [-0.2, 0) is 6.42 Å². The Hall–Kier alpha value is -1.16. The molecule has 0 aliphatic rings. The predicted molar refractivity (Wildman–Crippen MR) is 71.5 cm³/mol. The van der Waals surface area contributed by atoms with Crippen LogP contribution in [0.25, 0.3) is 0 Å². The van der Waals surface area contributed by atoms with Crippen molar-refractivity contribution >= 4 is 17.3 Å². The van der Waals surface area contributed by atoms with E-state index in [1.165, 1.54) is 5.56 Å². The Kier molecular flexibility index (Phi) is 5.78. The number of nitrogens with one attached hydrogen (secondary N) is 1. The van der Waals surface area contributed by atoms with Gasteiger partial charge in [0.25, 0.3) is 0 Å². The van der Waals surface area contributed by atoms with Gasteiger partial charge in [0, 0.05) is 32.5 Å². The third kappa shape index (κ3) is 4.57. The van der Waals surface area contributed by atoms with Crippen molar-refractivity contribution in [1.82, 2.24) is 15.2 Å². The molecule has 1 aromatic heterocycles. The number of aromatic nitrogens is 1. The van der Waals surface area contributed by atoms with Crippen molar-refractivity contribution in [3.8, 4) is 0 Å². The minimum absolute atomic E-state index is 0.830. The SMILES string of the molecule is CCCNC(=S)N(C)CCc1ccncc1. The number of rotatable bonds is 5. The molecule has 0 aliphatic carbocycles. The van der Waals surface area contributed by atoms with Crippen molar-refractivity contribution in [3.63, 3.8) is 0 Å². The summed E-state index contributed by atoms with van der Waals surface area (Å²) < 4.78 is 0. The maximum absolute atomic E-state index is 5.26. The molecule has 0 spiro atoms. The third-order valence-corrected chi connectivity index (χ3v) is 2.81. The predicted octanol–water partition coefficient (Wildman–Crippen LogP) is 1.84. The molecule has 1 rings (SSSR count). The van der Waals surface area contributed by atoms with E-state index in [4.69, 9.17) is 12.2 Å². The van der Waals surface area contributed by atoms with Gasteiger partial charge in [-0.2, -0.15) is 0 Å². The van der Waals surface area contributed by atoms with Gasteiger partial charge < -0.3 is 10.2 Å². The zero-order valence-corrected chi connectivity index (χ0v) is 10.8. The maximum atomic E-state index is 5.26. The van der Waals surface area contributed by atoms with E-state index < -0.39 is 0 Å². The highest BCUT2D eigenvalue weighted by Crippen LogP contribution is 1.99. The number of hydrogen-bond acceptors (Lipinski definition) is 2. The molecule has 88 valence electrons. The lowest BCUT2D eigenvalue weighted by molar-refractivity contribution is 0.496. The first-order valence-electron chi connectivity index (χ1n) is 5.62. The summed E-state index contributed by atoms with van der Waals surface area (Å²) in [5.41, 5.74) is 1.29. The Morgan fingerprint density at radius 3 is 2.75 bits per heavy atom. The molecule has 0 fully saturated rings. The zero-order chi connectivity index (χ0) is 11.8. The molecule has 16 heavy (non-hydrogen) atoms. The van der Waals surface area contributed by atoms with E-state index in [9.17, 15) is 0 Å². The summed E-state index contributed by atoms with van der Waals surface area (Å²) in [5.74, 6) is 0. The summed E-state index contributed by atoms with van der Waals surface area (Å²) in [6.45, 7) is 4.00. The lowest BCUT2D eigenvalue weighted by atomic mass is 10.2. The Labute approximate surface area is 103 Å². The molecule has 0 radical (unpaired) electrons. The molecule has 1 aromatic rings. The molecule has 1 heterocycles. The van der Waals surface area contributed by atoms with E-state index in [-0.39, 0.29) is 0 Å². The van der Waals surface area contributed by atoms with Crippen molar-refractivity contribution in [2.45, 2.75) is 19.8 Å². The monoisotopic (exact) mass is 237 g/mol. The fourth-order valence-electron chi connectivity index (χ4n) is 1.31. The Balaban J connectivity index is 2.29. The smallest absolute Gasteiger partial charge is 0.168 e. The fourth-order valence-corrected chi connectivity index (χ4v) is 1.51. The Morgan fingerprint density at radius 1 is 1.44 bits per heavy atom. The second kappa shape index (κ2) is 7.17. The largest absolute Gasteiger partial charge is 0.363 e. The molecule has 0 amide bonds. The van der Waals surface area contributed by atoms with Crippen LogP contribution >= 0.6 is 12.2 Å². The molecule has 0 aliphatic heterocycles. The van der Waals surface area contributed by atoms with Crippen molar-refractivity contribution in [3.05, 3.63) is 30.1 Å². The first-order chi connectivity index (χ1) is 7.74. The van der Waals surface area contributed by atoms with Crippen LogP contribution in [-0.4, -0.2) is 35.1 Å². The molecule has 0 atom stereocenters. The van der Waals surface area contributed by atoms with Gasteiger partial charge in [-0.1, -0.05) is 6.92 Å². The normalized spacial score (nSPS) is 9.88. The van der Waals surface area contributed by atoms with Gasteiger partial charge >= 0.3 is 0 Å². The number of thiocarbonyl (C=S) groups is 1. The third-order valence-electron chi connectivity index (χ3n) is 2.36. The van der Waals surface area contributed by atoms with Crippen molar-refractivity contribution in [2.24, 2.45) is 0 Å². The van der Waals surface area contributed by atoms with Crippen LogP contribution in [0, 0.1) is 0 Å². The zero-order valence-electron chi connectivity index (χ0n) is 9.94. The van der Waals surface area contributed by atoms with Gasteiger partial charge in [-0.15, -0.1) is 0 Å². The molecule has 4 heteroatoms. The molecule has 0 saturated heterocycles. The Bertz CT molecular complexity index is 313. The molecule has 0 bridgehead atoms. The van der Waals surface area contributed by atoms with Crippen LogP contribution in [0.5, 0.6) is 0 Å². The molecular formula is C12H19N3S. The van der Waals surface area contributed by atoms with Gasteiger partial charge in [-0.3, -0.25) is 4.98 Å². The molecule has 3 nitrogen and oxygen atoms in total. The average Bonchev–Trinajstić information content (AvgIpc) is 2.34. The first kappa shape index (κ1) is 12.9. The average molecular weight is 237 g/mol. The van der Waals surface area contributed by atoms with Crippen molar-refractivity contribution in [1.29, 1.82) is 0 Å². The number of likely N-dealkylation sites (N-methyl/N-ethyl adjacent to an activating group) is 1. The van der Waals surface area contributed by atoms with Crippen LogP contribution in [0.3, 0.4) is 0 Å². The maximum Gasteiger partial charge on any atom is 0.168 e. The van der Waals surface area contributed by atoms with Crippen LogP contribution in [0.15, 0.2) is 24.5 Å². The van der Waals surface area contributed by atoms with Crippen molar-refractivity contribution < 1.29 is 0 Å². The molecule has 1 N–H and O–H groups in total.